The molecule has 7 heteroatoms. The molecule has 1 atom stereocenters. The monoisotopic (exact) mass is 448 g/mol. The largest absolute Gasteiger partial charge is 0.481 e. The average molecular weight is 449 g/mol. The number of aryl methyl sites for hydroxylation is 1. The number of carbonyl (C=O) groups excluding carboxylic acids is 2. The summed E-state index contributed by atoms with van der Waals surface area (Å²) in [6, 6.07) is 9.63. The van der Waals surface area contributed by atoms with E-state index in [9.17, 15) is 14.4 Å². The van der Waals surface area contributed by atoms with Gasteiger partial charge >= 0.3 is 5.97 Å². The lowest BCUT2D eigenvalue weighted by Gasteiger charge is -2.15. The molecule has 180 valence electrons. The molecular formula is C25H40N2O5. The number of carbonyl (C=O) groups is 3. The van der Waals surface area contributed by atoms with E-state index in [2.05, 4.69) is 35.6 Å². The fourth-order valence-electron chi connectivity index (χ4n) is 3.73. The van der Waals surface area contributed by atoms with Crippen molar-refractivity contribution < 1.29 is 24.7 Å². The van der Waals surface area contributed by atoms with Gasteiger partial charge < -0.3 is 10.4 Å². The first kappa shape index (κ1) is 27.6. The lowest BCUT2D eigenvalue weighted by Crippen LogP contribution is -2.46. The van der Waals surface area contributed by atoms with Crippen molar-refractivity contribution in [2.75, 3.05) is 0 Å². The molecule has 0 fully saturated rings. The number of hydrogen-bond acceptors (Lipinski definition) is 4. The first-order valence-corrected chi connectivity index (χ1v) is 12.0. The minimum atomic E-state index is -1.06. The average Bonchev–Trinajstić information content (AvgIpc) is 2.79. The van der Waals surface area contributed by atoms with Gasteiger partial charge in [-0.2, -0.15) is 0 Å². The molecule has 0 aliphatic rings. The normalized spacial score (nSPS) is 11.7. The van der Waals surface area contributed by atoms with Crippen molar-refractivity contribution in [1.82, 2.24) is 10.8 Å². The Morgan fingerprint density at radius 3 is 1.81 bits per heavy atom. The van der Waals surface area contributed by atoms with Crippen LogP contribution in [0, 0.1) is 0 Å². The Bertz CT molecular complexity index is 651. The van der Waals surface area contributed by atoms with Crippen LogP contribution >= 0.6 is 0 Å². The first-order valence-electron chi connectivity index (χ1n) is 12.0. The highest BCUT2D eigenvalue weighted by Crippen LogP contribution is 2.13. The van der Waals surface area contributed by atoms with E-state index in [4.69, 9.17) is 10.3 Å². The van der Waals surface area contributed by atoms with Crippen LogP contribution in [0.4, 0.5) is 0 Å². The third kappa shape index (κ3) is 14.6. The molecule has 1 aromatic carbocycles. The first-order chi connectivity index (χ1) is 15.5. The van der Waals surface area contributed by atoms with Crippen molar-refractivity contribution in [3.8, 4) is 0 Å². The van der Waals surface area contributed by atoms with Crippen LogP contribution in [-0.2, 0) is 20.8 Å². The molecule has 0 radical (unpaired) electrons. The second-order valence-corrected chi connectivity index (χ2v) is 8.40. The summed E-state index contributed by atoms with van der Waals surface area (Å²) < 4.78 is 0. The number of carboxylic acids is 1. The van der Waals surface area contributed by atoms with Gasteiger partial charge in [0, 0.05) is 12.8 Å². The van der Waals surface area contributed by atoms with E-state index < -0.39 is 17.9 Å². The SMILES string of the molecule is O=C(O)CC[C@@H](NC(=O)CCCCCCCCCCCCCc1ccccc1)C(=O)NO. The molecule has 0 spiro atoms. The van der Waals surface area contributed by atoms with Crippen LogP contribution in [0.15, 0.2) is 30.3 Å². The molecule has 0 aliphatic heterocycles. The summed E-state index contributed by atoms with van der Waals surface area (Å²) in [5.74, 6) is -2.15. The minimum Gasteiger partial charge on any atom is -0.481 e. The Morgan fingerprint density at radius 1 is 0.750 bits per heavy atom. The maximum atomic E-state index is 12.0. The van der Waals surface area contributed by atoms with Crippen LogP contribution in [0.5, 0.6) is 0 Å². The predicted molar refractivity (Wildman–Crippen MR) is 124 cm³/mol. The van der Waals surface area contributed by atoms with E-state index in [0.29, 0.717) is 6.42 Å². The van der Waals surface area contributed by atoms with Crippen molar-refractivity contribution in [2.45, 2.75) is 102 Å². The quantitative estimate of drug-likeness (QED) is 0.138. The number of hydrogen-bond donors (Lipinski definition) is 4. The fraction of sp³-hybridized carbons (Fsp3) is 0.640. The number of aliphatic carboxylic acids is 1. The van der Waals surface area contributed by atoms with Gasteiger partial charge in [0.25, 0.3) is 5.91 Å². The van der Waals surface area contributed by atoms with Crippen molar-refractivity contribution in [2.24, 2.45) is 0 Å². The summed E-state index contributed by atoms with van der Waals surface area (Å²) in [4.78, 5) is 34.1. The van der Waals surface area contributed by atoms with Crippen LogP contribution < -0.4 is 10.8 Å². The highest BCUT2D eigenvalue weighted by molar-refractivity contribution is 5.87. The molecule has 0 aromatic heterocycles. The standard InChI is InChI=1S/C25H40N2O5/c28-23(26-22(25(31)27-32)19-20-24(29)30)18-14-9-7-5-3-1-2-4-6-8-11-15-21-16-12-10-13-17-21/h10,12-13,16-17,22,32H,1-9,11,14-15,18-20H2,(H,26,28)(H,27,31)(H,29,30)/t22-/m1/s1. The van der Waals surface area contributed by atoms with Gasteiger partial charge in [0.05, 0.1) is 0 Å². The maximum absolute atomic E-state index is 12.0. The fourth-order valence-corrected chi connectivity index (χ4v) is 3.73. The number of unbranched alkanes of at least 4 members (excludes halogenated alkanes) is 10. The van der Waals surface area contributed by atoms with Gasteiger partial charge in [0.1, 0.15) is 6.04 Å². The lowest BCUT2D eigenvalue weighted by molar-refractivity contribution is -0.139. The Labute approximate surface area is 191 Å². The second kappa shape index (κ2) is 18.2. The second-order valence-electron chi connectivity index (χ2n) is 8.40. The third-order valence-corrected chi connectivity index (χ3v) is 5.62. The predicted octanol–water partition coefficient (Wildman–Crippen LogP) is 4.77. The van der Waals surface area contributed by atoms with Crippen LogP contribution in [0.3, 0.4) is 0 Å². The summed E-state index contributed by atoms with van der Waals surface area (Å²) >= 11 is 0. The molecule has 7 nitrogen and oxygen atoms in total. The zero-order valence-electron chi connectivity index (χ0n) is 19.2. The number of nitrogens with one attached hydrogen (secondary N) is 2. The Kier molecular flexibility index (Phi) is 15.7. The van der Waals surface area contributed by atoms with E-state index in [1.165, 1.54) is 68.8 Å². The van der Waals surface area contributed by atoms with E-state index in [-0.39, 0.29) is 18.7 Å². The van der Waals surface area contributed by atoms with Gasteiger partial charge in [0.2, 0.25) is 5.91 Å². The lowest BCUT2D eigenvalue weighted by atomic mass is 10.0. The van der Waals surface area contributed by atoms with E-state index in [1.807, 2.05) is 0 Å². The van der Waals surface area contributed by atoms with Crippen molar-refractivity contribution in [3.05, 3.63) is 35.9 Å². The minimum absolute atomic E-state index is 0.0551. The molecule has 0 saturated carbocycles. The van der Waals surface area contributed by atoms with Crippen LogP contribution in [-0.4, -0.2) is 34.1 Å². The summed E-state index contributed by atoms with van der Waals surface area (Å²) in [7, 11) is 0. The molecule has 0 heterocycles. The topological polar surface area (TPSA) is 116 Å². The number of rotatable bonds is 19. The van der Waals surface area contributed by atoms with Crippen molar-refractivity contribution >= 4 is 17.8 Å². The highest BCUT2D eigenvalue weighted by Gasteiger charge is 2.21. The van der Waals surface area contributed by atoms with Crippen molar-refractivity contribution in [1.29, 1.82) is 0 Å². The van der Waals surface area contributed by atoms with Gasteiger partial charge in [0.15, 0.2) is 0 Å². The zero-order chi connectivity index (χ0) is 23.4. The number of hydroxylamine groups is 1. The molecule has 2 amide bonds. The van der Waals surface area contributed by atoms with Gasteiger partial charge in [-0.15, -0.1) is 0 Å². The maximum Gasteiger partial charge on any atom is 0.303 e. The third-order valence-electron chi connectivity index (χ3n) is 5.62. The molecule has 0 unspecified atom stereocenters. The number of carboxylic acid groups (broad SMARTS) is 1. The van der Waals surface area contributed by atoms with Gasteiger partial charge in [-0.3, -0.25) is 19.6 Å². The number of amides is 2. The smallest absolute Gasteiger partial charge is 0.303 e. The molecule has 0 saturated heterocycles. The Morgan fingerprint density at radius 2 is 1.28 bits per heavy atom. The Hall–Kier alpha value is -2.41. The summed E-state index contributed by atoms with van der Waals surface area (Å²) in [6.07, 6.45) is 14.1. The molecule has 0 bridgehead atoms. The molecular weight excluding hydrogens is 408 g/mol. The van der Waals surface area contributed by atoms with Gasteiger partial charge in [-0.05, 0) is 31.2 Å². The van der Waals surface area contributed by atoms with Gasteiger partial charge in [-0.25, -0.2) is 5.48 Å². The van der Waals surface area contributed by atoms with E-state index in [0.717, 1.165) is 19.3 Å². The zero-order valence-corrected chi connectivity index (χ0v) is 19.2. The molecule has 0 aliphatic carbocycles. The van der Waals surface area contributed by atoms with Gasteiger partial charge in [-0.1, -0.05) is 88.1 Å². The summed E-state index contributed by atoms with van der Waals surface area (Å²) in [6.45, 7) is 0. The van der Waals surface area contributed by atoms with Crippen molar-refractivity contribution in [3.63, 3.8) is 0 Å². The molecule has 1 aromatic rings. The van der Waals surface area contributed by atoms with Crippen LogP contribution in [0.25, 0.3) is 0 Å². The Balaban J connectivity index is 1.93. The van der Waals surface area contributed by atoms with E-state index in [1.54, 1.807) is 0 Å². The van der Waals surface area contributed by atoms with E-state index >= 15 is 0 Å². The molecule has 4 N–H and O–H groups in total. The van der Waals surface area contributed by atoms with Crippen LogP contribution in [0.1, 0.15) is 95.5 Å². The molecule has 1 rings (SSSR count). The summed E-state index contributed by atoms with van der Waals surface area (Å²) in [5, 5.41) is 19.9. The number of benzene rings is 1. The summed E-state index contributed by atoms with van der Waals surface area (Å²) in [5.41, 5.74) is 2.90. The molecule has 32 heavy (non-hydrogen) atoms. The highest BCUT2D eigenvalue weighted by atomic mass is 16.5. The van der Waals surface area contributed by atoms with Crippen LogP contribution in [0.2, 0.25) is 0 Å².